The highest BCUT2D eigenvalue weighted by Gasteiger charge is 2.25. The highest BCUT2D eigenvalue weighted by atomic mass is 79.9. The second-order valence-electron chi connectivity index (χ2n) is 3.77. The molecule has 1 fully saturated rings. The Hall–Kier alpha value is -0.380. The van der Waals surface area contributed by atoms with Crippen molar-refractivity contribution < 1.29 is 5.11 Å². The van der Waals surface area contributed by atoms with Crippen molar-refractivity contribution in [1.82, 2.24) is 5.32 Å². The second kappa shape index (κ2) is 4.43. The zero-order valence-electron chi connectivity index (χ0n) is 7.91. The summed E-state index contributed by atoms with van der Waals surface area (Å²) in [4.78, 5) is 0. The van der Waals surface area contributed by atoms with Crippen molar-refractivity contribution in [3.63, 3.8) is 0 Å². The van der Waals surface area contributed by atoms with Gasteiger partial charge in [-0.25, -0.2) is 0 Å². The van der Waals surface area contributed by atoms with E-state index in [9.17, 15) is 0 Å². The molecule has 2 rings (SSSR count). The minimum Gasteiger partial charge on any atom is -0.396 e. The van der Waals surface area contributed by atoms with Gasteiger partial charge in [-0.2, -0.15) is 0 Å². The third-order valence-electron chi connectivity index (χ3n) is 2.76. The first-order valence-electron chi connectivity index (χ1n) is 4.90. The highest BCUT2D eigenvalue weighted by Crippen LogP contribution is 2.31. The van der Waals surface area contributed by atoms with Crippen LogP contribution in [-0.2, 0) is 0 Å². The van der Waals surface area contributed by atoms with Crippen molar-refractivity contribution in [2.75, 3.05) is 13.2 Å². The molecule has 1 heterocycles. The number of hydrogen-bond acceptors (Lipinski definition) is 2. The van der Waals surface area contributed by atoms with E-state index in [1.54, 1.807) is 0 Å². The van der Waals surface area contributed by atoms with Crippen LogP contribution in [0.4, 0.5) is 0 Å². The number of benzene rings is 1. The van der Waals surface area contributed by atoms with Gasteiger partial charge in [0.2, 0.25) is 0 Å². The minimum absolute atomic E-state index is 0.286. The van der Waals surface area contributed by atoms with Gasteiger partial charge in [-0.1, -0.05) is 34.1 Å². The highest BCUT2D eigenvalue weighted by molar-refractivity contribution is 9.10. The number of nitrogens with one attached hydrogen (secondary N) is 1. The maximum Gasteiger partial charge on any atom is 0.0472 e. The fraction of sp³-hybridized carbons (Fsp3) is 0.455. The van der Waals surface area contributed by atoms with Gasteiger partial charge in [-0.3, -0.25) is 0 Å². The summed E-state index contributed by atoms with van der Waals surface area (Å²) in [5.41, 5.74) is 1.29. The molecule has 0 spiro atoms. The monoisotopic (exact) mass is 255 g/mol. The Balaban J connectivity index is 2.13. The molecule has 0 radical (unpaired) electrons. The number of aliphatic hydroxyl groups is 1. The molecule has 76 valence electrons. The van der Waals surface area contributed by atoms with Crippen molar-refractivity contribution in [3.8, 4) is 0 Å². The van der Waals surface area contributed by atoms with Gasteiger partial charge in [-0.05, 0) is 24.0 Å². The summed E-state index contributed by atoms with van der Waals surface area (Å²) in [6, 6.07) is 8.65. The molecule has 2 N–H and O–H groups in total. The minimum atomic E-state index is 0.286. The van der Waals surface area contributed by atoms with E-state index in [0.717, 1.165) is 17.4 Å². The predicted molar refractivity (Wildman–Crippen MR) is 60.1 cm³/mol. The van der Waals surface area contributed by atoms with Crippen LogP contribution in [0.1, 0.15) is 18.0 Å². The Bertz CT molecular complexity index is 316. The molecule has 2 nitrogen and oxygen atoms in total. The van der Waals surface area contributed by atoms with Gasteiger partial charge < -0.3 is 10.4 Å². The molecule has 1 saturated heterocycles. The van der Waals surface area contributed by atoms with Crippen LogP contribution in [-0.4, -0.2) is 18.3 Å². The predicted octanol–water partition coefficient (Wildman–Crippen LogP) is 2.09. The quantitative estimate of drug-likeness (QED) is 0.849. The maximum absolute atomic E-state index is 9.05. The standard InChI is InChI=1S/C11H14BrNO/c12-10-4-2-1-3-9(10)11-5-8(7-14)6-13-11/h1-4,8,11,13-14H,5-7H2. The summed E-state index contributed by atoms with van der Waals surface area (Å²) in [7, 11) is 0. The Morgan fingerprint density at radius 1 is 1.43 bits per heavy atom. The Kier molecular flexibility index (Phi) is 3.21. The van der Waals surface area contributed by atoms with Crippen molar-refractivity contribution in [1.29, 1.82) is 0 Å². The molecule has 1 aromatic carbocycles. The first-order valence-corrected chi connectivity index (χ1v) is 5.69. The van der Waals surface area contributed by atoms with Gasteiger partial charge in [0.05, 0.1) is 0 Å². The Morgan fingerprint density at radius 2 is 2.21 bits per heavy atom. The average Bonchev–Trinajstić information content (AvgIpc) is 2.67. The van der Waals surface area contributed by atoms with Gasteiger partial charge in [-0.15, -0.1) is 0 Å². The zero-order chi connectivity index (χ0) is 9.97. The number of aliphatic hydroxyl groups excluding tert-OH is 1. The van der Waals surface area contributed by atoms with E-state index in [-0.39, 0.29) is 6.61 Å². The van der Waals surface area contributed by atoms with Crippen LogP contribution < -0.4 is 5.32 Å². The smallest absolute Gasteiger partial charge is 0.0472 e. The largest absolute Gasteiger partial charge is 0.396 e. The third-order valence-corrected chi connectivity index (χ3v) is 3.48. The number of hydrogen-bond donors (Lipinski definition) is 2. The van der Waals surface area contributed by atoms with Crippen LogP contribution >= 0.6 is 15.9 Å². The lowest BCUT2D eigenvalue weighted by Crippen LogP contribution is -2.14. The molecular weight excluding hydrogens is 242 g/mol. The van der Waals surface area contributed by atoms with Crippen molar-refractivity contribution in [2.24, 2.45) is 5.92 Å². The summed E-state index contributed by atoms with van der Waals surface area (Å²) in [5.74, 6) is 0.409. The molecule has 1 aromatic rings. The Morgan fingerprint density at radius 3 is 2.86 bits per heavy atom. The zero-order valence-corrected chi connectivity index (χ0v) is 9.50. The molecule has 3 heteroatoms. The number of rotatable bonds is 2. The van der Waals surface area contributed by atoms with E-state index < -0.39 is 0 Å². The molecule has 0 amide bonds. The first-order chi connectivity index (χ1) is 6.81. The molecular formula is C11H14BrNO. The van der Waals surface area contributed by atoms with Crippen LogP contribution in [0.2, 0.25) is 0 Å². The Labute approximate surface area is 92.5 Å². The van der Waals surface area contributed by atoms with Crippen LogP contribution in [0.5, 0.6) is 0 Å². The SMILES string of the molecule is OCC1CNC(c2ccccc2Br)C1. The lowest BCUT2D eigenvalue weighted by Gasteiger charge is -2.12. The molecule has 0 aromatic heterocycles. The van der Waals surface area contributed by atoms with E-state index >= 15 is 0 Å². The number of halogens is 1. The molecule has 14 heavy (non-hydrogen) atoms. The fourth-order valence-electron chi connectivity index (χ4n) is 1.94. The third kappa shape index (κ3) is 2.00. The summed E-state index contributed by atoms with van der Waals surface area (Å²) in [5, 5.41) is 12.5. The van der Waals surface area contributed by atoms with Crippen LogP contribution in [0, 0.1) is 5.92 Å². The van der Waals surface area contributed by atoms with E-state index in [4.69, 9.17) is 5.11 Å². The van der Waals surface area contributed by atoms with Crippen molar-refractivity contribution in [3.05, 3.63) is 34.3 Å². The molecule has 0 saturated carbocycles. The van der Waals surface area contributed by atoms with Gasteiger partial charge in [0, 0.05) is 23.7 Å². The van der Waals surface area contributed by atoms with Gasteiger partial charge in [0.25, 0.3) is 0 Å². The normalized spacial score (nSPS) is 26.7. The van der Waals surface area contributed by atoms with Gasteiger partial charge in [0.15, 0.2) is 0 Å². The lowest BCUT2D eigenvalue weighted by molar-refractivity contribution is 0.236. The van der Waals surface area contributed by atoms with Gasteiger partial charge >= 0.3 is 0 Å². The van der Waals surface area contributed by atoms with Crippen LogP contribution in [0.25, 0.3) is 0 Å². The molecule has 0 bridgehead atoms. The van der Waals surface area contributed by atoms with Crippen LogP contribution in [0.15, 0.2) is 28.7 Å². The fourth-order valence-corrected chi connectivity index (χ4v) is 2.50. The van der Waals surface area contributed by atoms with E-state index in [1.807, 2.05) is 12.1 Å². The summed E-state index contributed by atoms with van der Waals surface area (Å²) in [6.07, 6.45) is 1.03. The van der Waals surface area contributed by atoms with E-state index in [0.29, 0.717) is 12.0 Å². The summed E-state index contributed by atoms with van der Waals surface area (Å²) >= 11 is 3.55. The second-order valence-corrected chi connectivity index (χ2v) is 4.62. The molecule has 1 aliphatic heterocycles. The van der Waals surface area contributed by atoms with Crippen LogP contribution in [0.3, 0.4) is 0 Å². The summed E-state index contributed by atoms with van der Waals surface area (Å²) in [6.45, 7) is 1.20. The molecule has 1 aliphatic rings. The lowest BCUT2D eigenvalue weighted by atomic mass is 10.0. The summed E-state index contributed by atoms with van der Waals surface area (Å²) < 4.78 is 1.15. The maximum atomic E-state index is 9.05. The van der Waals surface area contributed by atoms with E-state index in [1.165, 1.54) is 5.56 Å². The van der Waals surface area contributed by atoms with Crippen molar-refractivity contribution in [2.45, 2.75) is 12.5 Å². The average molecular weight is 256 g/mol. The van der Waals surface area contributed by atoms with Gasteiger partial charge in [0.1, 0.15) is 0 Å². The molecule has 0 aliphatic carbocycles. The van der Waals surface area contributed by atoms with Crippen molar-refractivity contribution >= 4 is 15.9 Å². The topological polar surface area (TPSA) is 32.3 Å². The molecule has 2 atom stereocenters. The molecule has 2 unspecified atom stereocenters. The first kappa shape index (κ1) is 10.1. The van der Waals surface area contributed by atoms with E-state index in [2.05, 4.69) is 33.4 Å².